The normalized spacial score (nSPS) is 16.9. The second kappa shape index (κ2) is 6.98. The van der Waals surface area contributed by atoms with Gasteiger partial charge in [-0.25, -0.2) is 0 Å². The predicted molar refractivity (Wildman–Crippen MR) is 79.9 cm³/mol. The zero-order valence-corrected chi connectivity index (χ0v) is 22.2. The Hall–Kier alpha value is 2.20. The topological polar surface area (TPSA) is 17.1 Å². The van der Waals surface area contributed by atoms with E-state index in [0.29, 0.717) is 22.4 Å². The van der Waals surface area contributed by atoms with Crippen molar-refractivity contribution in [2.24, 2.45) is 5.92 Å². The zero-order valence-electron chi connectivity index (χ0n) is 12.6. The Kier molecular flexibility index (Phi) is 5.95. The molecule has 0 saturated heterocycles. The molecule has 0 amide bonds. The molecular weight excluding hydrogens is 555 g/mol. The van der Waals surface area contributed by atoms with Crippen molar-refractivity contribution in [3.05, 3.63) is 28.0 Å². The molecule has 5 heteroatoms. The standard InChI is InChI=1S/C11H9OP.C4H7.K.U.V/c1-7(2)11-5-9-8(6-13-11)3-4-10(9)12;1-4(2)3;;;/h5-7H,1-2H3;4H,1-2H3;;;. The van der Waals surface area contributed by atoms with Crippen molar-refractivity contribution in [1.82, 2.24) is 0 Å². The van der Waals surface area contributed by atoms with Crippen LogP contribution in [0.4, 0.5) is 0 Å². The molecule has 97 valence electrons. The number of rotatable bonds is 2. The number of carbonyl (C=O) groups excluding carboxylic acids is 1. The minimum atomic E-state index is -1.19. The zero-order chi connectivity index (χ0) is 14.4. The Morgan fingerprint density at radius 3 is 2.60 bits per heavy atom. The molecule has 2 heterocycles. The van der Waals surface area contributed by atoms with E-state index >= 15 is 0 Å². The van der Waals surface area contributed by atoms with Crippen LogP contribution in [0.1, 0.15) is 54.8 Å². The van der Waals surface area contributed by atoms with Crippen LogP contribution >= 0.6 is 8.19 Å². The predicted octanol–water partition coefficient (Wildman–Crippen LogP) is 3.84. The molecule has 0 fully saturated rings. The molecule has 0 aromatic carbocycles. The number of hydrogen-bond donors (Lipinski definition) is 0. The number of ketones is 1. The summed E-state index contributed by atoms with van der Waals surface area (Å²) < 4.78 is 5.08. The van der Waals surface area contributed by atoms with Gasteiger partial charge in [-0.3, -0.25) is 0 Å². The third kappa shape index (κ3) is 3.21. The van der Waals surface area contributed by atoms with Gasteiger partial charge in [0, 0.05) is 0 Å². The molecule has 1 aliphatic heterocycles. The number of fused-ring (bicyclic) bond motifs is 2. The van der Waals surface area contributed by atoms with Crippen LogP contribution in [-0.4, -0.2) is 50.0 Å². The molecule has 0 spiro atoms. The van der Waals surface area contributed by atoms with Crippen LogP contribution in [0.5, 0.6) is 0 Å². The Morgan fingerprint density at radius 2 is 1.95 bits per heavy atom. The molecule has 0 N–H and O–H groups in total. The fourth-order valence-corrected chi connectivity index (χ4v) is 50.6. The Labute approximate surface area is 164 Å². The quantitative estimate of drug-likeness (QED) is 0.494. The van der Waals surface area contributed by atoms with E-state index in [1.54, 1.807) is 2.61 Å². The molecule has 1 aromatic heterocycles. The summed E-state index contributed by atoms with van der Waals surface area (Å²) in [7, 11) is 1.93. The van der Waals surface area contributed by atoms with E-state index in [9.17, 15) is 4.79 Å². The molecule has 4 radical (unpaired) electrons. The molecule has 0 saturated carbocycles. The van der Waals surface area contributed by atoms with Gasteiger partial charge in [0.25, 0.3) is 0 Å². The van der Waals surface area contributed by atoms with Crippen LogP contribution in [0.25, 0.3) is 2.61 Å². The maximum atomic E-state index is 12.8. The van der Waals surface area contributed by atoms with E-state index in [4.69, 9.17) is 0 Å². The fourth-order valence-electron chi connectivity index (χ4n) is 2.95. The summed E-state index contributed by atoms with van der Waals surface area (Å²) in [5.41, 5.74) is 2.52. The molecule has 20 heavy (non-hydrogen) atoms. The molecule has 0 unspecified atom stereocenters. The van der Waals surface area contributed by atoms with Crippen molar-refractivity contribution in [2.75, 3.05) is 0 Å². The SMILES string of the molecule is CC(C)[C]1=[K][C]2=[C]([U]=[V]1)c1cpc(C(C)C)cc1C2=O. The summed E-state index contributed by atoms with van der Waals surface area (Å²) in [5, 5.41) is 1.42. The number of carbonyl (C=O) groups is 1. The van der Waals surface area contributed by atoms with Crippen molar-refractivity contribution in [2.45, 2.75) is 33.6 Å². The van der Waals surface area contributed by atoms with E-state index in [2.05, 4.69) is 39.6 Å². The van der Waals surface area contributed by atoms with Gasteiger partial charge in [0.05, 0.1) is 0 Å². The Bertz CT molecular complexity index is 704. The first-order chi connectivity index (χ1) is 9.49. The number of hydrogen-bond acceptors (Lipinski definition) is 1. The van der Waals surface area contributed by atoms with Crippen LogP contribution in [0.3, 0.4) is 0 Å². The van der Waals surface area contributed by atoms with Gasteiger partial charge in [-0.15, -0.1) is 0 Å². The Balaban J connectivity index is 2.11. The van der Waals surface area contributed by atoms with Gasteiger partial charge in [-0.1, -0.05) is 0 Å². The summed E-state index contributed by atoms with van der Waals surface area (Å²) in [6, 6.07) is 2.24. The first-order valence-electron chi connectivity index (χ1n) is 7.39. The number of Topliss-reactive ketones (excluding diaryl/α,β-unsaturated/α-hetero) is 1. The third-order valence-corrected chi connectivity index (χ3v) is 45.1. The molecule has 3 rings (SSSR count). The van der Waals surface area contributed by atoms with Crippen molar-refractivity contribution in [3.63, 3.8) is 0 Å². The molecule has 2 aliphatic rings. The van der Waals surface area contributed by atoms with Crippen LogP contribution in [-0.2, 0) is 10.7 Å². The summed E-state index contributed by atoms with van der Waals surface area (Å²) in [5.74, 6) is 4.19. The summed E-state index contributed by atoms with van der Waals surface area (Å²) in [6.07, 6.45) is 0. The number of allylic oxidation sites excluding steroid dienone is 1. The van der Waals surface area contributed by atoms with Gasteiger partial charge < -0.3 is 0 Å². The van der Waals surface area contributed by atoms with Gasteiger partial charge in [0.15, 0.2) is 0 Å². The third-order valence-electron chi connectivity index (χ3n) is 4.43. The average Bonchev–Trinajstić information content (AvgIpc) is 2.71. The van der Waals surface area contributed by atoms with Gasteiger partial charge in [0.2, 0.25) is 0 Å². The van der Waals surface area contributed by atoms with Gasteiger partial charge in [0.1, 0.15) is 0 Å². The summed E-state index contributed by atoms with van der Waals surface area (Å²) >= 11 is -2.01. The van der Waals surface area contributed by atoms with E-state index < -0.39 is 70.0 Å². The van der Waals surface area contributed by atoms with E-state index in [-0.39, 0.29) is 0 Å². The van der Waals surface area contributed by atoms with Crippen LogP contribution in [0.15, 0.2) is 11.5 Å². The van der Waals surface area contributed by atoms with Gasteiger partial charge in [-0.05, 0) is 0 Å². The summed E-state index contributed by atoms with van der Waals surface area (Å²) in [4.78, 5) is 12.8. The molecule has 1 aliphatic carbocycles. The Morgan fingerprint density at radius 1 is 1.20 bits per heavy atom. The van der Waals surface area contributed by atoms with Crippen LogP contribution in [0.2, 0.25) is 0 Å². The van der Waals surface area contributed by atoms with E-state index in [1.807, 2.05) is -1.72 Å². The van der Waals surface area contributed by atoms with E-state index in [0.717, 1.165) is 11.5 Å². The van der Waals surface area contributed by atoms with E-state index in [1.165, 1.54) is 18.7 Å². The van der Waals surface area contributed by atoms with Crippen molar-refractivity contribution in [1.29, 1.82) is 0 Å². The molecule has 1 nitrogen and oxygen atoms in total. The average molecular weight is 571 g/mol. The van der Waals surface area contributed by atoms with Crippen LogP contribution < -0.4 is 0 Å². The molecule has 1 aromatic rings. The molecule has 0 bridgehead atoms. The molecule has 0 atom stereocenters. The minimum absolute atomic E-state index is 0.467. The second-order valence-electron chi connectivity index (χ2n) is 6.41. The van der Waals surface area contributed by atoms with Crippen molar-refractivity contribution < 1.29 is 39.5 Å². The van der Waals surface area contributed by atoms with Gasteiger partial charge >= 0.3 is 168 Å². The maximum absolute atomic E-state index is 12.8. The monoisotopic (exact) mass is 571 g/mol. The fraction of sp³-hybridized carbons (Fsp3) is 0.400. The first-order valence-corrected chi connectivity index (χ1v) is 22.6. The molecular formula is C15H16KOPUV. The van der Waals surface area contributed by atoms with Crippen molar-refractivity contribution >= 4 is 60.8 Å². The van der Waals surface area contributed by atoms with Crippen LogP contribution in [0, 0.1) is 29.9 Å². The first kappa shape index (κ1) is 17.0. The second-order valence-corrected chi connectivity index (χ2v) is 25.1. The summed E-state index contributed by atoms with van der Waals surface area (Å²) in [6.45, 7) is 9.18. The van der Waals surface area contributed by atoms with Crippen molar-refractivity contribution in [3.8, 4) is 0 Å². The van der Waals surface area contributed by atoms with Gasteiger partial charge in [-0.2, -0.15) is 0 Å².